The van der Waals surface area contributed by atoms with Crippen molar-refractivity contribution in [2.45, 2.75) is 39.0 Å². The van der Waals surface area contributed by atoms with Crippen LogP contribution in [0.5, 0.6) is 11.5 Å². The van der Waals surface area contributed by atoms with Crippen LogP contribution in [-0.4, -0.2) is 13.2 Å². The standard InChI is InChI=1S/C25H27Cl2NO2/c1-18(8-9-19-6-4-3-5-7-19)28-16-20-11-13-24(25(15-20)29-2)30-17-21-10-12-22(26)23(27)14-21/h3-7,10-15,18,28H,8-9,16-17H2,1-2H3. The van der Waals surface area contributed by atoms with Gasteiger partial charge in [0, 0.05) is 12.6 Å². The highest BCUT2D eigenvalue weighted by atomic mass is 35.5. The highest BCUT2D eigenvalue weighted by Gasteiger charge is 2.09. The normalized spacial score (nSPS) is 11.9. The fourth-order valence-corrected chi connectivity index (χ4v) is 3.47. The third kappa shape index (κ3) is 6.66. The van der Waals surface area contributed by atoms with E-state index >= 15 is 0 Å². The van der Waals surface area contributed by atoms with Crippen molar-refractivity contribution >= 4 is 23.2 Å². The lowest BCUT2D eigenvalue weighted by atomic mass is 10.1. The molecular formula is C25H27Cl2NO2. The van der Waals surface area contributed by atoms with Gasteiger partial charge >= 0.3 is 0 Å². The number of methoxy groups -OCH3 is 1. The fourth-order valence-electron chi connectivity index (χ4n) is 3.15. The fraction of sp³-hybridized carbons (Fsp3) is 0.280. The summed E-state index contributed by atoms with van der Waals surface area (Å²) >= 11 is 12.0. The van der Waals surface area contributed by atoms with Gasteiger partial charge in [-0.05, 0) is 60.7 Å². The van der Waals surface area contributed by atoms with Gasteiger partial charge in [-0.25, -0.2) is 0 Å². The van der Waals surface area contributed by atoms with Crippen LogP contribution in [0.1, 0.15) is 30.0 Å². The van der Waals surface area contributed by atoms with Crippen molar-refractivity contribution in [2.75, 3.05) is 7.11 Å². The van der Waals surface area contributed by atoms with Gasteiger partial charge in [-0.3, -0.25) is 0 Å². The molecule has 0 fully saturated rings. The Morgan fingerprint density at radius 1 is 0.833 bits per heavy atom. The molecule has 0 aliphatic heterocycles. The summed E-state index contributed by atoms with van der Waals surface area (Å²) in [6, 6.07) is 22.5. The maximum absolute atomic E-state index is 6.07. The smallest absolute Gasteiger partial charge is 0.161 e. The molecule has 1 N–H and O–H groups in total. The average molecular weight is 444 g/mol. The predicted molar refractivity (Wildman–Crippen MR) is 125 cm³/mol. The van der Waals surface area contributed by atoms with Gasteiger partial charge in [0.15, 0.2) is 11.5 Å². The minimum atomic E-state index is 0.390. The van der Waals surface area contributed by atoms with Crippen LogP contribution in [0, 0.1) is 0 Å². The molecule has 0 radical (unpaired) electrons. The summed E-state index contributed by atoms with van der Waals surface area (Å²) in [7, 11) is 1.65. The molecule has 1 atom stereocenters. The van der Waals surface area contributed by atoms with Gasteiger partial charge in [0.05, 0.1) is 17.2 Å². The molecule has 0 saturated heterocycles. The zero-order valence-corrected chi connectivity index (χ0v) is 18.8. The molecule has 30 heavy (non-hydrogen) atoms. The van der Waals surface area contributed by atoms with Crippen molar-refractivity contribution in [3.63, 3.8) is 0 Å². The van der Waals surface area contributed by atoms with Crippen molar-refractivity contribution in [2.24, 2.45) is 0 Å². The van der Waals surface area contributed by atoms with E-state index in [4.69, 9.17) is 32.7 Å². The van der Waals surface area contributed by atoms with E-state index in [1.807, 2.05) is 24.3 Å². The van der Waals surface area contributed by atoms with E-state index in [1.165, 1.54) is 5.56 Å². The van der Waals surface area contributed by atoms with Crippen molar-refractivity contribution < 1.29 is 9.47 Å². The Morgan fingerprint density at radius 3 is 2.33 bits per heavy atom. The Balaban J connectivity index is 1.52. The summed E-state index contributed by atoms with van der Waals surface area (Å²) in [4.78, 5) is 0. The van der Waals surface area contributed by atoms with Crippen molar-refractivity contribution in [1.82, 2.24) is 5.32 Å². The lowest BCUT2D eigenvalue weighted by Crippen LogP contribution is -2.26. The third-order valence-electron chi connectivity index (χ3n) is 4.97. The van der Waals surface area contributed by atoms with Crippen LogP contribution in [0.25, 0.3) is 0 Å². The van der Waals surface area contributed by atoms with Gasteiger partial charge in [-0.2, -0.15) is 0 Å². The molecule has 3 rings (SSSR count). The molecule has 158 valence electrons. The second-order valence-corrected chi connectivity index (χ2v) is 8.14. The Bertz CT molecular complexity index is 947. The van der Waals surface area contributed by atoms with E-state index in [0.717, 1.165) is 30.5 Å². The molecule has 0 aromatic heterocycles. The first-order chi connectivity index (χ1) is 14.5. The number of aryl methyl sites for hydroxylation is 1. The number of hydrogen-bond acceptors (Lipinski definition) is 3. The number of ether oxygens (including phenoxy) is 2. The molecule has 5 heteroatoms. The maximum atomic E-state index is 6.07. The summed E-state index contributed by atoms with van der Waals surface area (Å²) in [5.74, 6) is 1.41. The molecule has 0 spiro atoms. The second-order valence-electron chi connectivity index (χ2n) is 7.33. The average Bonchev–Trinajstić information content (AvgIpc) is 2.78. The topological polar surface area (TPSA) is 30.5 Å². The Hall–Kier alpha value is -2.20. The zero-order chi connectivity index (χ0) is 21.3. The lowest BCUT2D eigenvalue weighted by Gasteiger charge is -2.16. The van der Waals surface area contributed by atoms with E-state index in [0.29, 0.717) is 34.2 Å². The summed E-state index contributed by atoms with van der Waals surface area (Å²) in [5.41, 5.74) is 3.47. The number of hydrogen-bond donors (Lipinski definition) is 1. The van der Waals surface area contributed by atoms with Crippen LogP contribution in [0.2, 0.25) is 10.0 Å². The van der Waals surface area contributed by atoms with Gasteiger partial charge in [0.2, 0.25) is 0 Å². The summed E-state index contributed by atoms with van der Waals surface area (Å²) < 4.78 is 11.5. The molecule has 0 aliphatic carbocycles. The molecule has 0 aliphatic rings. The summed E-state index contributed by atoms with van der Waals surface area (Å²) in [6.45, 7) is 3.38. The highest BCUT2D eigenvalue weighted by molar-refractivity contribution is 6.42. The van der Waals surface area contributed by atoms with Crippen LogP contribution in [0.4, 0.5) is 0 Å². The van der Waals surface area contributed by atoms with Gasteiger partial charge in [-0.15, -0.1) is 0 Å². The molecule has 3 aromatic rings. The molecule has 1 unspecified atom stereocenters. The highest BCUT2D eigenvalue weighted by Crippen LogP contribution is 2.30. The Kier molecular flexibility index (Phi) is 8.44. The van der Waals surface area contributed by atoms with Crippen LogP contribution in [0.15, 0.2) is 66.7 Å². The van der Waals surface area contributed by atoms with Crippen LogP contribution in [-0.2, 0) is 19.6 Å². The summed E-state index contributed by atoms with van der Waals surface area (Å²) in [6.07, 6.45) is 2.16. The van der Waals surface area contributed by atoms with E-state index < -0.39 is 0 Å². The summed E-state index contributed by atoms with van der Waals surface area (Å²) in [5, 5.41) is 4.64. The van der Waals surface area contributed by atoms with Gasteiger partial charge in [-0.1, -0.05) is 65.7 Å². The molecule has 0 bridgehead atoms. The van der Waals surface area contributed by atoms with E-state index in [9.17, 15) is 0 Å². The first-order valence-corrected chi connectivity index (χ1v) is 10.8. The zero-order valence-electron chi connectivity index (χ0n) is 17.3. The maximum Gasteiger partial charge on any atom is 0.161 e. The van der Waals surface area contributed by atoms with Crippen LogP contribution < -0.4 is 14.8 Å². The molecule has 0 amide bonds. The number of benzene rings is 3. The molecule has 0 saturated carbocycles. The number of rotatable bonds is 10. The van der Waals surface area contributed by atoms with Crippen LogP contribution in [0.3, 0.4) is 0 Å². The SMILES string of the molecule is COc1cc(CNC(C)CCc2ccccc2)ccc1OCc1ccc(Cl)c(Cl)c1. The monoisotopic (exact) mass is 443 g/mol. The molecular weight excluding hydrogens is 417 g/mol. The quantitative estimate of drug-likeness (QED) is 0.378. The van der Waals surface area contributed by atoms with Crippen molar-refractivity contribution in [1.29, 1.82) is 0 Å². The Morgan fingerprint density at radius 2 is 1.60 bits per heavy atom. The minimum absolute atomic E-state index is 0.390. The number of nitrogens with one attached hydrogen (secondary N) is 1. The van der Waals surface area contributed by atoms with Crippen molar-refractivity contribution in [3.05, 3.63) is 93.5 Å². The van der Waals surface area contributed by atoms with Gasteiger partial charge in [0.1, 0.15) is 6.61 Å². The van der Waals surface area contributed by atoms with E-state index in [-0.39, 0.29) is 0 Å². The van der Waals surface area contributed by atoms with Gasteiger partial charge in [0.25, 0.3) is 0 Å². The first-order valence-electron chi connectivity index (χ1n) is 10.1. The predicted octanol–water partition coefficient (Wildman–Crippen LogP) is 6.69. The second kappa shape index (κ2) is 11.3. The third-order valence-corrected chi connectivity index (χ3v) is 5.71. The lowest BCUT2D eigenvalue weighted by molar-refractivity contribution is 0.284. The molecule has 3 aromatic carbocycles. The Labute approximate surface area is 188 Å². The van der Waals surface area contributed by atoms with Crippen LogP contribution >= 0.6 is 23.2 Å². The number of halogens is 2. The van der Waals surface area contributed by atoms with Gasteiger partial charge < -0.3 is 14.8 Å². The van der Waals surface area contributed by atoms with Crippen molar-refractivity contribution in [3.8, 4) is 11.5 Å². The first kappa shape index (κ1) is 22.5. The molecule has 3 nitrogen and oxygen atoms in total. The van der Waals surface area contributed by atoms with E-state index in [2.05, 4.69) is 48.6 Å². The minimum Gasteiger partial charge on any atom is -0.493 e. The molecule has 0 heterocycles. The largest absolute Gasteiger partial charge is 0.493 e. The van der Waals surface area contributed by atoms with E-state index in [1.54, 1.807) is 13.2 Å².